The lowest BCUT2D eigenvalue weighted by atomic mass is 9.55. The van der Waals surface area contributed by atoms with Crippen LogP contribution < -0.4 is 4.74 Å². The second-order valence-electron chi connectivity index (χ2n) is 7.85. The zero-order valence-corrected chi connectivity index (χ0v) is 12.3. The first-order valence-corrected chi connectivity index (χ1v) is 7.95. The minimum absolute atomic E-state index is 0.0576. The molecule has 5 nitrogen and oxygen atoms in total. The van der Waals surface area contributed by atoms with E-state index in [1.54, 1.807) is 6.07 Å². The van der Waals surface area contributed by atoms with Crippen LogP contribution in [0.5, 0.6) is 11.5 Å². The molecule has 2 saturated carbocycles. The van der Waals surface area contributed by atoms with E-state index in [1.165, 1.54) is 5.56 Å². The highest BCUT2D eigenvalue weighted by Crippen LogP contribution is 2.77. The first kappa shape index (κ1) is 11.9. The average Bonchev–Trinajstić information content (AvgIpc) is 3.00. The Hall–Kier alpha value is -1.59. The van der Waals surface area contributed by atoms with Crippen LogP contribution >= 0.6 is 0 Å². The summed E-state index contributed by atoms with van der Waals surface area (Å²) < 4.78 is 5.93. The monoisotopic (exact) mass is 299 g/mol. The molecule has 2 aliphatic heterocycles. The molecular formula is C17H17NO4. The van der Waals surface area contributed by atoms with E-state index in [1.807, 2.05) is 13.1 Å². The third-order valence-electron chi connectivity index (χ3n) is 7.16. The highest BCUT2D eigenvalue weighted by atomic mass is 16.5. The van der Waals surface area contributed by atoms with Crippen molar-refractivity contribution in [3.63, 3.8) is 0 Å². The highest BCUT2D eigenvalue weighted by molar-refractivity contribution is 5.91. The lowest BCUT2D eigenvalue weighted by molar-refractivity contribution is -0.164. The zero-order chi connectivity index (χ0) is 15.1. The number of hydrogen-bond donors (Lipinski definition) is 2. The number of likely N-dealkylation sites (tertiary alicyclic amines) is 1. The fraction of sp³-hybridized carbons (Fsp3) is 0.588. The number of Topliss-reactive ketones (excluding diaryl/α,β-unsaturated/α-hetero) is 1. The number of ether oxygens (including phenoxy) is 1. The number of aliphatic hydroxyl groups is 1. The quantitative estimate of drug-likeness (QED) is 0.728. The molecule has 2 N–H and O–H groups in total. The van der Waals surface area contributed by atoms with Gasteiger partial charge in [0, 0.05) is 23.9 Å². The summed E-state index contributed by atoms with van der Waals surface area (Å²) in [4.78, 5) is 14.7. The van der Waals surface area contributed by atoms with Crippen molar-refractivity contribution in [2.45, 2.75) is 47.8 Å². The van der Waals surface area contributed by atoms with E-state index in [2.05, 4.69) is 4.90 Å². The topological polar surface area (TPSA) is 70.0 Å². The number of ketones is 1. The molecule has 5 atom stereocenters. The summed E-state index contributed by atoms with van der Waals surface area (Å²) in [5, 5.41) is 21.9. The minimum atomic E-state index is -0.926. The van der Waals surface area contributed by atoms with Crippen LogP contribution in [0.25, 0.3) is 0 Å². The van der Waals surface area contributed by atoms with Crippen LogP contribution in [0.1, 0.15) is 30.4 Å². The molecule has 1 aromatic rings. The molecule has 2 heterocycles. The Bertz CT molecular complexity index is 791. The summed E-state index contributed by atoms with van der Waals surface area (Å²) in [6.45, 7) is 0.903. The van der Waals surface area contributed by atoms with Crippen molar-refractivity contribution in [1.29, 1.82) is 0 Å². The van der Waals surface area contributed by atoms with Crippen LogP contribution in [0.3, 0.4) is 0 Å². The molecule has 1 unspecified atom stereocenters. The molecule has 3 fully saturated rings. The summed E-state index contributed by atoms with van der Waals surface area (Å²) in [5.74, 6) is 0.596. The molecule has 1 saturated heterocycles. The minimum Gasteiger partial charge on any atom is -0.504 e. The lowest BCUT2D eigenvalue weighted by Crippen LogP contribution is -2.75. The number of hydrogen-bond acceptors (Lipinski definition) is 5. The van der Waals surface area contributed by atoms with Gasteiger partial charge in [-0.05, 0) is 31.5 Å². The maximum absolute atomic E-state index is 12.5. The van der Waals surface area contributed by atoms with Crippen molar-refractivity contribution >= 4 is 5.78 Å². The van der Waals surface area contributed by atoms with Gasteiger partial charge >= 0.3 is 0 Å². The van der Waals surface area contributed by atoms with E-state index in [0.717, 1.165) is 18.5 Å². The molecule has 0 aromatic heterocycles. The van der Waals surface area contributed by atoms with Gasteiger partial charge in [0.2, 0.25) is 0 Å². The van der Waals surface area contributed by atoms with Crippen LogP contribution in [-0.4, -0.2) is 52.2 Å². The number of carbonyl (C=O) groups excluding carboxylic acids is 1. The smallest absolute Gasteiger partial charge is 0.174 e. The van der Waals surface area contributed by atoms with Gasteiger partial charge in [-0.1, -0.05) is 6.07 Å². The summed E-state index contributed by atoms with van der Waals surface area (Å²) in [7, 11) is 2.05. The number of carbonyl (C=O) groups is 1. The number of nitrogens with zero attached hydrogens (tertiary/aromatic N) is 1. The van der Waals surface area contributed by atoms with Gasteiger partial charge in [-0.15, -0.1) is 0 Å². The Kier molecular flexibility index (Phi) is 1.58. The number of rotatable bonds is 0. The number of phenols is 1. The molecule has 3 aliphatic carbocycles. The third-order valence-corrected chi connectivity index (χ3v) is 7.16. The Balaban J connectivity index is 1.77. The van der Waals surface area contributed by atoms with E-state index in [4.69, 9.17) is 4.74 Å². The number of phenolic OH excluding ortho intramolecular Hbond substituents is 1. The number of fused-ring (bicyclic) bond motifs is 1. The molecule has 0 radical (unpaired) electrons. The molecule has 2 spiro atoms. The highest BCUT2D eigenvalue weighted by Gasteiger charge is 2.85. The van der Waals surface area contributed by atoms with Gasteiger partial charge in [-0.3, -0.25) is 9.69 Å². The molecule has 114 valence electrons. The summed E-state index contributed by atoms with van der Waals surface area (Å²) in [6, 6.07) is 3.71. The maximum atomic E-state index is 12.5. The van der Waals surface area contributed by atoms with E-state index in [9.17, 15) is 15.0 Å². The van der Waals surface area contributed by atoms with Crippen LogP contribution in [0.15, 0.2) is 12.1 Å². The van der Waals surface area contributed by atoms with Crippen molar-refractivity contribution < 1.29 is 19.7 Å². The second-order valence-corrected chi connectivity index (χ2v) is 7.85. The molecule has 2 bridgehead atoms. The predicted octanol–water partition coefficient (Wildman–Crippen LogP) is 0.454. The first-order chi connectivity index (χ1) is 10.5. The maximum Gasteiger partial charge on any atom is 0.174 e. The van der Waals surface area contributed by atoms with E-state index in [0.29, 0.717) is 18.6 Å². The molecule has 1 aromatic carbocycles. The molecule has 5 heteroatoms. The van der Waals surface area contributed by atoms with Crippen molar-refractivity contribution in [3.05, 3.63) is 23.3 Å². The number of likely N-dealkylation sites (N-methyl/N-ethyl adjacent to an activating group) is 1. The molecular weight excluding hydrogens is 282 g/mol. The van der Waals surface area contributed by atoms with Gasteiger partial charge in [-0.2, -0.15) is 0 Å². The van der Waals surface area contributed by atoms with Gasteiger partial charge in [0.1, 0.15) is 0 Å². The summed E-state index contributed by atoms with van der Waals surface area (Å²) in [6.07, 6.45) is 0.990. The lowest BCUT2D eigenvalue weighted by Gasteiger charge is -2.60. The Morgan fingerprint density at radius 2 is 2.23 bits per heavy atom. The van der Waals surface area contributed by atoms with E-state index in [-0.39, 0.29) is 23.0 Å². The van der Waals surface area contributed by atoms with Crippen LogP contribution in [0.4, 0.5) is 0 Å². The fourth-order valence-electron chi connectivity index (χ4n) is 6.80. The zero-order valence-electron chi connectivity index (χ0n) is 12.3. The number of benzene rings is 1. The average molecular weight is 299 g/mol. The van der Waals surface area contributed by atoms with Crippen molar-refractivity contribution in [2.75, 3.05) is 13.6 Å². The molecule has 0 amide bonds. The Morgan fingerprint density at radius 1 is 1.41 bits per heavy atom. The van der Waals surface area contributed by atoms with Crippen molar-refractivity contribution in [1.82, 2.24) is 4.90 Å². The molecule has 6 rings (SSSR count). The standard InChI is InChI=1S/C17H17NO4/c1-18-7-15-6-16-11-8(15)2-3-9(19)12(11)22-13(16)10(20)4-5-17(16,21)14(15)18/h2-3,13-14,19,21H,4-7H2,1H3/t13-,14+,15?,16-,17+/m0/s1. The Morgan fingerprint density at radius 3 is 3.00 bits per heavy atom. The van der Waals surface area contributed by atoms with Crippen LogP contribution in [0, 0.1) is 0 Å². The summed E-state index contributed by atoms with van der Waals surface area (Å²) in [5.41, 5.74) is 0.461. The third kappa shape index (κ3) is 0.802. The van der Waals surface area contributed by atoms with E-state index >= 15 is 0 Å². The largest absolute Gasteiger partial charge is 0.504 e. The molecule has 5 aliphatic rings. The van der Waals surface area contributed by atoms with Crippen molar-refractivity contribution in [3.8, 4) is 11.5 Å². The first-order valence-electron chi connectivity index (χ1n) is 7.95. The Labute approximate surface area is 127 Å². The second kappa shape index (κ2) is 2.93. The van der Waals surface area contributed by atoms with Crippen molar-refractivity contribution in [2.24, 2.45) is 0 Å². The summed E-state index contributed by atoms with van der Waals surface area (Å²) >= 11 is 0. The van der Waals surface area contributed by atoms with Gasteiger partial charge in [0.05, 0.1) is 17.1 Å². The molecule has 22 heavy (non-hydrogen) atoms. The fourth-order valence-corrected chi connectivity index (χ4v) is 6.80. The van der Waals surface area contributed by atoms with Gasteiger partial charge in [0.25, 0.3) is 0 Å². The van der Waals surface area contributed by atoms with E-state index < -0.39 is 17.1 Å². The van der Waals surface area contributed by atoms with Crippen LogP contribution in [-0.2, 0) is 15.6 Å². The van der Waals surface area contributed by atoms with Gasteiger partial charge in [-0.25, -0.2) is 0 Å². The number of aromatic hydroxyl groups is 1. The van der Waals surface area contributed by atoms with Crippen LogP contribution in [0.2, 0.25) is 0 Å². The SMILES string of the molecule is CN1CC23C[C@]45c6c2ccc(O)c6O[C@H]4C(=O)CC[C@@]5(O)[C@H]13. The normalized spacial score (nSPS) is 49.6. The van der Waals surface area contributed by atoms with Gasteiger partial charge in [0.15, 0.2) is 23.4 Å². The predicted molar refractivity (Wildman–Crippen MR) is 76.1 cm³/mol. The van der Waals surface area contributed by atoms with Gasteiger partial charge < -0.3 is 14.9 Å².